The molecule has 0 aliphatic heterocycles. The standard InChI is InChI=1S/C19H17N5O2/c25-18(13-6-7-13)21-16-10-14(8-9-20-16)19(26)22-17-11-15(23-24-17)12-4-2-1-3-5-12/h1-5,8-11,13H,6-7H2,(H,20,21,25)(H2,22,23,24,26). The molecular formula is C19H17N5O2. The summed E-state index contributed by atoms with van der Waals surface area (Å²) in [5.41, 5.74) is 2.19. The fourth-order valence-corrected chi connectivity index (χ4v) is 2.55. The topological polar surface area (TPSA) is 99.8 Å². The molecule has 1 fully saturated rings. The van der Waals surface area contributed by atoms with Gasteiger partial charge in [-0.25, -0.2) is 4.98 Å². The monoisotopic (exact) mass is 347 g/mol. The Labute approximate surface area is 149 Å². The second-order valence-electron chi connectivity index (χ2n) is 6.18. The van der Waals surface area contributed by atoms with E-state index in [1.54, 1.807) is 18.2 Å². The predicted molar refractivity (Wildman–Crippen MR) is 97.6 cm³/mol. The van der Waals surface area contributed by atoms with Crippen molar-refractivity contribution in [1.82, 2.24) is 15.2 Å². The summed E-state index contributed by atoms with van der Waals surface area (Å²) in [6.45, 7) is 0. The van der Waals surface area contributed by atoms with E-state index in [1.807, 2.05) is 30.3 Å². The largest absolute Gasteiger partial charge is 0.310 e. The van der Waals surface area contributed by atoms with Crippen LogP contribution in [0.4, 0.5) is 11.6 Å². The van der Waals surface area contributed by atoms with Crippen molar-refractivity contribution in [2.24, 2.45) is 5.92 Å². The zero-order chi connectivity index (χ0) is 17.9. The Balaban J connectivity index is 1.45. The van der Waals surface area contributed by atoms with E-state index in [4.69, 9.17) is 0 Å². The number of hydrogen-bond acceptors (Lipinski definition) is 4. The Hall–Kier alpha value is -3.48. The summed E-state index contributed by atoms with van der Waals surface area (Å²) in [4.78, 5) is 28.3. The van der Waals surface area contributed by atoms with E-state index in [9.17, 15) is 9.59 Å². The second-order valence-corrected chi connectivity index (χ2v) is 6.18. The molecule has 130 valence electrons. The molecule has 0 saturated heterocycles. The van der Waals surface area contributed by atoms with Crippen molar-refractivity contribution < 1.29 is 9.59 Å². The third-order valence-electron chi connectivity index (χ3n) is 4.13. The van der Waals surface area contributed by atoms with Crippen LogP contribution < -0.4 is 10.6 Å². The number of nitrogens with zero attached hydrogens (tertiary/aromatic N) is 2. The van der Waals surface area contributed by atoms with Crippen LogP contribution in [0.3, 0.4) is 0 Å². The minimum absolute atomic E-state index is 0.0464. The fraction of sp³-hybridized carbons (Fsp3) is 0.158. The number of anilines is 2. The first-order chi connectivity index (χ1) is 12.7. The number of amides is 2. The van der Waals surface area contributed by atoms with Crippen molar-refractivity contribution in [3.05, 3.63) is 60.3 Å². The van der Waals surface area contributed by atoms with Crippen LogP contribution in [0, 0.1) is 5.92 Å². The molecule has 0 radical (unpaired) electrons. The number of aromatic amines is 1. The quantitative estimate of drug-likeness (QED) is 0.660. The number of carbonyl (C=O) groups is 2. The van der Waals surface area contributed by atoms with Crippen LogP contribution in [-0.2, 0) is 4.79 Å². The van der Waals surface area contributed by atoms with Crippen molar-refractivity contribution in [2.45, 2.75) is 12.8 Å². The highest BCUT2D eigenvalue weighted by molar-refractivity contribution is 6.05. The number of hydrogen-bond donors (Lipinski definition) is 3. The van der Waals surface area contributed by atoms with E-state index in [-0.39, 0.29) is 17.7 Å². The predicted octanol–water partition coefficient (Wildman–Crippen LogP) is 3.07. The number of carbonyl (C=O) groups excluding carboxylic acids is 2. The van der Waals surface area contributed by atoms with Gasteiger partial charge in [-0.2, -0.15) is 5.10 Å². The van der Waals surface area contributed by atoms with Gasteiger partial charge in [0.05, 0.1) is 5.69 Å². The summed E-state index contributed by atoms with van der Waals surface area (Å²) >= 11 is 0. The molecule has 2 heterocycles. The second kappa shape index (κ2) is 6.79. The van der Waals surface area contributed by atoms with Gasteiger partial charge in [0.1, 0.15) is 5.82 Å². The van der Waals surface area contributed by atoms with Gasteiger partial charge in [-0.15, -0.1) is 0 Å². The maximum atomic E-state index is 12.4. The van der Waals surface area contributed by atoms with E-state index in [0.717, 1.165) is 24.1 Å². The Kier molecular flexibility index (Phi) is 4.18. The van der Waals surface area contributed by atoms with E-state index in [1.165, 1.54) is 6.20 Å². The molecule has 0 spiro atoms. The van der Waals surface area contributed by atoms with Gasteiger partial charge in [0.2, 0.25) is 5.91 Å². The van der Waals surface area contributed by atoms with Gasteiger partial charge in [-0.3, -0.25) is 14.7 Å². The molecule has 3 aromatic rings. The first-order valence-electron chi connectivity index (χ1n) is 8.38. The Morgan fingerprint density at radius 1 is 1.00 bits per heavy atom. The van der Waals surface area contributed by atoms with Crippen LogP contribution in [0.5, 0.6) is 0 Å². The van der Waals surface area contributed by atoms with Crippen LogP contribution in [0.1, 0.15) is 23.2 Å². The van der Waals surface area contributed by atoms with Crippen molar-refractivity contribution >= 4 is 23.5 Å². The molecule has 1 saturated carbocycles. The highest BCUT2D eigenvalue weighted by atomic mass is 16.2. The fourth-order valence-electron chi connectivity index (χ4n) is 2.55. The van der Waals surface area contributed by atoms with Crippen LogP contribution in [0.15, 0.2) is 54.7 Å². The molecule has 2 aromatic heterocycles. The lowest BCUT2D eigenvalue weighted by Gasteiger charge is -2.06. The SMILES string of the molecule is O=C(Nc1cc(-c2ccccc2)[nH]n1)c1ccnc(NC(=O)C2CC2)c1. The zero-order valence-electron chi connectivity index (χ0n) is 13.9. The molecule has 0 atom stereocenters. The van der Waals surface area contributed by atoms with Gasteiger partial charge in [0.25, 0.3) is 5.91 Å². The first-order valence-corrected chi connectivity index (χ1v) is 8.38. The Bertz CT molecular complexity index is 947. The number of nitrogens with one attached hydrogen (secondary N) is 3. The maximum Gasteiger partial charge on any atom is 0.257 e. The molecule has 0 unspecified atom stereocenters. The van der Waals surface area contributed by atoms with Crippen LogP contribution in [0.25, 0.3) is 11.3 Å². The lowest BCUT2D eigenvalue weighted by atomic mass is 10.1. The minimum Gasteiger partial charge on any atom is -0.310 e. The number of aromatic nitrogens is 3. The van der Waals surface area contributed by atoms with Crippen molar-refractivity contribution in [2.75, 3.05) is 10.6 Å². The number of pyridine rings is 1. The third-order valence-corrected chi connectivity index (χ3v) is 4.13. The minimum atomic E-state index is -0.319. The molecule has 2 amide bonds. The van der Waals surface area contributed by atoms with Crippen molar-refractivity contribution in [1.29, 1.82) is 0 Å². The molecule has 3 N–H and O–H groups in total. The van der Waals surface area contributed by atoms with Gasteiger partial charge in [0.15, 0.2) is 5.82 Å². The van der Waals surface area contributed by atoms with E-state index < -0.39 is 0 Å². The average Bonchev–Trinajstić information content (AvgIpc) is 3.42. The van der Waals surface area contributed by atoms with E-state index in [2.05, 4.69) is 25.8 Å². The molecule has 1 aliphatic rings. The van der Waals surface area contributed by atoms with Gasteiger partial charge < -0.3 is 10.6 Å². The highest BCUT2D eigenvalue weighted by Gasteiger charge is 2.29. The number of H-pyrrole nitrogens is 1. The smallest absolute Gasteiger partial charge is 0.257 e. The van der Waals surface area contributed by atoms with Gasteiger partial charge in [-0.1, -0.05) is 30.3 Å². The average molecular weight is 347 g/mol. The van der Waals surface area contributed by atoms with Crippen LogP contribution in [0.2, 0.25) is 0 Å². The molecule has 4 rings (SSSR count). The molecule has 1 aliphatic carbocycles. The van der Waals surface area contributed by atoms with E-state index in [0.29, 0.717) is 17.2 Å². The van der Waals surface area contributed by atoms with E-state index >= 15 is 0 Å². The molecule has 7 heteroatoms. The number of benzene rings is 1. The van der Waals surface area contributed by atoms with Gasteiger partial charge in [-0.05, 0) is 30.5 Å². The maximum absolute atomic E-state index is 12.4. The van der Waals surface area contributed by atoms with Crippen LogP contribution >= 0.6 is 0 Å². The summed E-state index contributed by atoms with van der Waals surface area (Å²) in [5, 5.41) is 12.5. The summed E-state index contributed by atoms with van der Waals surface area (Å²) in [6, 6.07) is 14.6. The van der Waals surface area contributed by atoms with Crippen molar-refractivity contribution in [3.63, 3.8) is 0 Å². The summed E-state index contributed by atoms with van der Waals surface area (Å²) in [7, 11) is 0. The molecular weight excluding hydrogens is 330 g/mol. The molecule has 1 aromatic carbocycles. The first kappa shape index (κ1) is 16.0. The lowest BCUT2D eigenvalue weighted by molar-refractivity contribution is -0.117. The number of rotatable bonds is 5. The molecule has 0 bridgehead atoms. The lowest BCUT2D eigenvalue weighted by Crippen LogP contribution is -2.16. The molecule has 7 nitrogen and oxygen atoms in total. The molecule has 26 heavy (non-hydrogen) atoms. The third kappa shape index (κ3) is 3.61. The van der Waals surface area contributed by atoms with Gasteiger partial charge >= 0.3 is 0 Å². The summed E-state index contributed by atoms with van der Waals surface area (Å²) in [5.74, 6) is 0.515. The Morgan fingerprint density at radius 3 is 2.58 bits per heavy atom. The zero-order valence-corrected chi connectivity index (χ0v) is 13.9. The highest BCUT2D eigenvalue weighted by Crippen LogP contribution is 2.30. The van der Waals surface area contributed by atoms with Crippen molar-refractivity contribution in [3.8, 4) is 11.3 Å². The normalized spacial score (nSPS) is 13.2. The van der Waals surface area contributed by atoms with Crippen LogP contribution in [-0.4, -0.2) is 27.0 Å². The summed E-state index contributed by atoms with van der Waals surface area (Å²) in [6.07, 6.45) is 3.32. The van der Waals surface area contributed by atoms with Gasteiger partial charge in [0, 0.05) is 23.7 Å². The summed E-state index contributed by atoms with van der Waals surface area (Å²) < 4.78 is 0. The Morgan fingerprint density at radius 2 is 1.81 bits per heavy atom.